The van der Waals surface area contributed by atoms with Crippen LogP contribution in [0.2, 0.25) is 0 Å². The van der Waals surface area contributed by atoms with Crippen LogP contribution in [0.1, 0.15) is 33.5 Å². The molecule has 2 aromatic carbocycles. The lowest BCUT2D eigenvalue weighted by Crippen LogP contribution is -2.15. The number of ether oxygens (including phenoxy) is 1. The Hall–Kier alpha value is -3.74. The van der Waals surface area contributed by atoms with Gasteiger partial charge in [0.2, 0.25) is 5.95 Å². The highest BCUT2D eigenvalue weighted by atomic mass is 16.5. The summed E-state index contributed by atoms with van der Waals surface area (Å²) in [6.45, 7) is 3.85. The molecule has 0 atom stereocenters. The second-order valence-corrected chi connectivity index (χ2v) is 5.96. The molecule has 2 N–H and O–H groups in total. The number of hydrogen-bond donors (Lipinski definition) is 2. The maximum atomic E-state index is 12.6. The predicted molar refractivity (Wildman–Crippen MR) is 107 cm³/mol. The number of carbonyl (C=O) groups excluding carboxylic acids is 2. The van der Waals surface area contributed by atoms with Gasteiger partial charge in [0.25, 0.3) is 5.91 Å². The molecule has 0 aliphatic carbocycles. The summed E-state index contributed by atoms with van der Waals surface area (Å²) < 4.78 is 4.94. The molecule has 0 unspecified atom stereocenters. The number of amides is 1. The van der Waals surface area contributed by atoms with Gasteiger partial charge in [-0.3, -0.25) is 4.79 Å². The van der Waals surface area contributed by atoms with Crippen molar-refractivity contribution in [2.75, 3.05) is 17.2 Å². The van der Waals surface area contributed by atoms with Crippen LogP contribution in [0.25, 0.3) is 0 Å². The van der Waals surface area contributed by atoms with Crippen molar-refractivity contribution in [2.45, 2.75) is 13.8 Å². The minimum Gasteiger partial charge on any atom is -0.462 e. The average molecular weight is 376 g/mol. The largest absolute Gasteiger partial charge is 0.462 e. The van der Waals surface area contributed by atoms with Crippen LogP contribution in [-0.4, -0.2) is 28.5 Å². The summed E-state index contributed by atoms with van der Waals surface area (Å²) in [7, 11) is 0. The lowest BCUT2D eigenvalue weighted by molar-refractivity contribution is 0.0526. The minimum atomic E-state index is -0.400. The molecule has 0 radical (unpaired) electrons. The van der Waals surface area contributed by atoms with E-state index in [0.29, 0.717) is 29.5 Å². The number of benzene rings is 2. The van der Waals surface area contributed by atoms with Crippen LogP contribution < -0.4 is 10.6 Å². The molecular formula is C21H20N4O3. The summed E-state index contributed by atoms with van der Waals surface area (Å²) in [5.41, 5.74) is 2.70. The molecule has 28 heavy (non-hydrogen) atoms. The van der Waals surface area contributed by atoms with Crippen molar-refractivity contribution in [1.29, 1.82) is 0 Å². The fraction of sp³-hybridized carbons (Fsp3) is 0.143. The molecule has 0 saturated heterocycles. The molecule has 0 bridgehead atoms. The van der Waals surface area contributed by atoms with Gasteiger partial charge in [0.05, 0.1) is 12.2 Å². The molecule has 0 saturated carbocycles. The first-order valence-electron chi connectivity index (χ1n) is 8.81. The molecule has 1 heterocycles. The number of esters is 1. The summed E-state index contributed by atoms with van der Waals surface area (Å²) in [6, 6.07) is 17.6. The summed E-state index contributed by atoms with van der Waals surface area (Å²) >= 11 is 0. The van der Waals surface area contributed by atoms with Gasteiger partial charge in [-0.2, -0.15) is 0 Å². The number of aryl methyl sites for hydroxylation is 1. The Morgan fingerprint density at radius 2 is 1.68 bits per heavy atom. The van der Waals surface area contributed by atoms with E-state index in [9.17, 15) is 9.59 Å². The second kappa shape index (κ2) is 8.77. The Morgan fingerprint density at radius 3 is 2.36 bits per heavy atom. The Morgan fingerprint density at radius 1 is 0.964 bits per heavy atom. The van der Waals surface area contributed by atoms with Crippen molar-refractivity contribution in [1.82, 2.24) is 9.97 Å². The van der Waals surface area contributed by atoms with Crippen molar-refractivity contribution < 1.29 is 14.3 Å². The van der Waals surface area contributed by atoms with E-state index in [4.69, 9.17) is 4.74 Å². The molecule has 0 spiro atoms. The molecule has 1 aromatic heterocycles. The van der Waals surface area contributed by atoms with Crippen molar-refractivity contribution in [3.05, 3.63) is 77.6 Å². The normalized spacial score (nSPS) is 10.2. The lowest BCUT2D eigenvalue weighted by atomic mass is 10.2. The smallest absolute Gasteiger partial charge is 0.338 e. The van der Waals surface area contributed by atoms with Crippen LogP contribution in [-0.2, 0) is 4.74 Å². The van der Waals surface area contributed by atoms with Crippen molar-refractivity contribution in [3.8, 4) is 0 Å². The summed E-state index contributed by atoms with van der Waals surface area (Å²) in [5.74, 6) is -0.428. The first-order valence-corrected chi connectivity index (χ1v) is 8.81. The van der Waals surface area contributed by atoms with Gasteiger partial charge >= 0.3 is 5.97 Å². The number of hydrogen-bond acceptors (Lipinski definition) is 6. The quantitative estimate of drug-likeness (QED) is 0.633. The average Bonchev–Trinajstić information content (AvgIpc) is 2.69. The summed E-state index contributed by atoms with van der Waals surface area (Å²) in [4.78, 5) is 32.9. The van der Waals surface area contributed by atoms with E-state index in [-0.39, 0.29) is 11.6 Å². The number of rotatable bonds is 6. The molecule has 3 aromatic rings. The summed E-state index contributed by atoms with van der Waals surface area (Å²) in [5, 5.41) is 5.85. The first kappa shape index (κ1) is 19.0. The highest BCUT2D eigenvalue weighted by Crippen LogP contribution is 2.15. The topological polar surface area (TPSA) is 93.2 Å². The molecule has 0 aliphatic heterocycles. The third-order valence-electron chi connectivity index (χ3n) is 3.77. The van der Waals surface area contributed by atoms with E-state index in [0.717, 1.165) is 5.69 Å². The summed E-state index contributed by atoms with van der Waals surface area (Å²) in [6.07, 6.45) is 0. The van der Waals surface area contributed by atoms with Gasteiger partial charge in [-0.25, -0.2) is 14.8 Å². The van der Waals surface area contributed by atoms with Gasteiger partial charge < -0.3 is 15.4 Å². The van der Waals surface area contributed by atoms with E-state index >= 15 is 0 Å². The third-order valence-corrected chi connectivity index (χ3v) is 3.77. The number of aromatic nitrogens is 2. The van der Waals surface area contributed by atoms with Gasteiger partial charge in [0.15, 0.2) is 0 Å². The molecule has 142 valence electrons. The molecule has 3 rings (SSSR count). The van der Waals surface area contributed by atoms with Gasteiger partial charge in [-0.05, 0) is 56.3 Å². The lowest BCUT2D eigenvalue weighted by Gasteiger charge is -2.09. The zero-order valence-corrected chi connectivity index (χ0v) is 15.6. The number of nitrogens with zero attached hydrogens (tertiary/aromatic N) is 2. The van der Waals surface area contributed by atoms with Crippen molar-refractivity contribution in [3.63, 3.8) is 0 Å². The Labute approximate surface area is 162 Å². The zero-order valence-electron chi connectivity index (χ0n) is 15.6. The Balaban J connectivity index is 1.72. The number of nitrogens with one attached hydrogen (secondary N) is 2. The molecule has 7 nitrogen and oxygen atoms in total. The maximum absolute atomic E-state index is 12.6. The molecule has 0 aliphatic rings. The van der Waals surface area contributed by atoms with E-state index in [1.807, 2.05) is 30.3 Å². The predicted octanol–water partition coefficient (Wildman–Crippen LogP) is 3.96. The maximum Gasteiger partial charge on any atom is 0.338 e. The van der Waals surface area contributed by atoms with Gasteiger partial charge in [-0.1, -0.05) is 18.2 Å². The van der Waals surface area contributed by atoms with Crippen LogP contribution >= 0.6 is 0 Å². The molecule has 7 heteroatoms. The number of carbonyl (C=O) groups is 2. The van der Waals surface area contributed by atoms with E-state index < -0.39 is 5.97 Å². The molecular weight excluding hydrogens is 356 g/mol. The van der Waals surface area contributed by atoms with Crippen LogP contribution in [0.15, 0.2) is 60.7 Å². The molecule has 0 fully saturated rings. The van der Waals surface area contributed by atoms with Crippen molar-refractivity contribution >= 4 is 29.2 Å². The van der Waals surface area contributed by atoms with E-state index in [1.54, 1.807) is 44.2 Å². The van der Waals surface area contributed by atoms with Crippen LogP contribution in [0.3, 0.4) is 0 Å². The Bertz CT molecular complexity index is 973. The van der Waals surface area contributed by atoms with Gasteiger partial charge in [0, 0.05) is 17.1 Å². The fourth-order valence-corrected chi connectivity index (χ4v) is 2.49. The van der Waals surface area contributed by atoms with Gasteiger partial charge in [0.1, 0.15) is 5.69 Å². The number of para-hydroxylation sites is 1. The zero-order chi connectivity index (χ0) is 19.9. The number of anilines is 3. The van der Waals surface area contributed by atoms with E-state index in [1.165, 1.54) is 0 Å². The van der Waals surface area contributed by atoms with Crippen LogP contribution in [0.5, 0.6) is 0 Å². The minimum absolute atomic E-state index is 0.236. The highest BCUT2D eigenvalue weighted by Gasteiger charge is 2.12. The Kier molecular flexibility index (Phi) is 5.96. The van der Waals surface area contributed by atoms with Crippen LogP contribution in [0.4, 0.5) is 17.3 Å². The monoisotopic (exact) mass is 376 g/mol. The fourth-order valence-electron chi connectivity index (χ4n) is 2.49. The van der Waals surface area contributed by atoms with Crippen LogP contribution in [0, 0.1) is 6.92 Å². The SMILES string of the molecule is CCOC(=O)c1ccc(NC(=O)c2cc(C)nc(Nc3ccccc3)n2)cc1. The highest BCUT2D eigenvalue weighted by molar-refractivity contribution is 6.03. The standard InChI is InChI=1S/C21H20N4O3/c1-3-28-20(27)15-9-11-17(12-10-15)23-19(26)18-13-14(2)22-21(25-18)24-16-7-5-4-6-8-16/h4-13H,3H2,1-2H3,(H,23,26)(H,22,24,25). The second-order valence-electron chi connectivity index (χ2n) is 5.96. The third kappa shape index (κ3) is 4.91. The van der Waals surface area contributed by atoms with E-state index in [2.05, 4.69) is 20.6 Å². The molecule has 1 amide bonds. The first-order chi connectivity index (χ1) is 13.5. The van der Waals surface area contributed by atoms with Crippen molar-refractivity contribution in [2.24, 2.45) is 0 Å². The van der Waals surface area contributed by atoms with Gasteiger partial charge in [-0.15, -0.1) is 0 Å².